The Labute approximate surface area is 164 Å². The van der Waals surface area contributed by atoms with Crippen molar-refractivity contribution in [2.24, 2.45) is 0 Å². The van der Waals surface area contributed by atoms with Gasteiger partial charge in [-0.05, 0) is 47.8 Å². The zero-order valence-corrected chi connectivity index (χ0v) is 17.4. The standard InChI is InChI=1S/C21H30BrN3O/c1-16-20(25-15-17(22)13-14-19(25)23-16)21(26)24-18-11-9-7-5-3-2-4-6-8-10-12-18/h13-15,18H,2-12H2,1H3,(H,24,26). The van der Waals surface area contributed by atoms with Crippen LogP contribution in [0.2, 0.25) is 0 Å². The summed E-state index contributed by atoms with van der Waals surface area (Å²) in [6, 6.07) is 4.17. The Balaban J connectivity index is 1.70. The molecule has 1 fully saturated rings. The average Bonchev–Trinajstić information content (AvgIpc) is 2.92. The largest absolute Gasteiger partial charge is 0.348 e. The second-order valence-corrected chi connectivity index (χ2v) is 8.47. The van der Waals surface area contributed by atoms with Gasteiger partial charge in [-0.2, -0.15) is 0 Å². The van der Waals surface area contributed by atoms with Crippen molar-refractivity contribution < 1.29 is 4.79 Å². The Bertz CT molecular complexity index is 728. The molecule has 2 aromatic heterocycles. The molecule has 0 bridgehead atoms. The minimum Gasteiger partial charge on any atom is -0.348 e. The molecule has 2 heterocycles. The first-order valence-corrected chi connectivity index (χ1v) is 10.9. The van der Waals surface area contributed by atoms with Gasteiger partial charge < -0.3 is 5.32 Å². The molecule has 0 aromatic carbocycles. The molecule has 4 nitrogen and oxygen atoms in total. The Morgan fingerprint density at radius 2 is 1.62 bits per heavy atom. The maximum absolute atomic E-state index is 13.0. The molecule has 1 N–H and O–H groups in total. The molecule has 5 heteroatoms. The number of hydrogen-bond donors (Lipinski definition) is 1. The molecule has 2 aromatic rings. The summed E-state index contributed by atoms with van der Waals surface area (Å²) < 4.78 is 2.84. The van der Waals surface area contributed by atoms with Gasteiger partial charge in [-0.3, -0.25) is 9.20 Å². The average molecular weight is 420 g/mol. The van der Waals surface area contributed by atoms with Gasteiger partial charge >= 0.3 is 0 Å². The highest BCUT2D eigenvalue weighted by Crippen LogP contribution is 2.19. The Hall–Kier alpha value is -1.36. The van der Waals surface area contributed by atoms with Crippen molar-refractivity contribution >= 4 is 27.5 Å². The highest BCUT2D eigenvalue weighted by Gasteiger charge is 2.20. The van der Waals surface area contributed by atoms with Gasteiger partial charge in [0, 0.05) is 16.7 Å². The maximum atomic E-state index is 13.0. The lowest BCUT2D eigenvalue weighted by atomic mass is 9.98. The monoisotopic (exact) mass is 419 g/mol. The van der Waals surface area contributed by atoms with Crippen LogP contribution in [-0.2, 0) is 0 Å². The summed E-state index contributed by atoms with van der Waals surface area (Å²) >= 11 is 3.49. The number of hydrogen-bond acceptors (Lipinski definition) is 2. The summed E-state index contributed by atoms with van der Waals surface area (Å²) in [6.07, 6.45) is 15.9. The van der Waals surface area contributed by atoms with Crippen LogP contribution in [0.3, 0.4) is 0 Å². The number of carbonyl (C=O) groups excluding carboxylic acids is 1. The lowest BCUT2D eigenvalue weighted by Gasteiger charge is -2.19. The van der Waals surface area contributed by atoms with E-state index in [2.05, 4.69) is 26.2 Å². The molecule has 1 aliphatic carbocycles. The SMILES string of the molecule is Cc1nc2ccc(Br)cn2c1C(=O)NC1CCCCCCCCCCC1. The number of rotatable bonds is 2. The number of pyridine rings is 1. The highest BCUT2D eigenvalue weighted by atomic mass is 79.9. The smallest absolute Gasteiger partial charge is 0.270 e. The summed E-state index contributed by atoms with van der Waals surface area (Å²) in [7, 11) is 0. The summed E-state index contributed by atoms with van der Waals surface area (Å²) in [4.78, 5) is 17.5. The van der Waals surface area contributed by atoms with Crippen LogP contribution in [0.1, 0.15) is 86.8 Å². The van der Waals surface area contributed by atoms with Gasteiger partial charge in [0.25, 0.3) is 5.91 Å². The zero-order chi connectivity index (χ0) is 18.4. The van der Waals surface area contributed by atoms with Gasteiger partial charge in [0.05, 0.1) is 5.69 Å². The third kappa shape index (κ3) is 5.09. The van der Waals surface area contributed by atoms with Gasteiger partial charge in [0.1, 0.15) is 11.3 Å². The quantitative estimate of drug-likeness (QED) is 0.667. The summed E-state index contributed by atoms with van der Waals surface area (Å²) in [5, 5.41) is 3.31. The van der Waals surface area contributed by atoms with E-state index in [-0.39, 0.29) is 11.9 Å². The number of nitrogens with one attached hydrogen (secondary N) is 1. The number of carbonyl (C=O) groups is 1. The van der Waals surface area contributed by atoms with E-state index in [1.807, 2.05) is 29.7 Å². The Morgan fingerprint density at radius 1 is 1.04 bits per heavy atom. The summed E-state index contributed by atoms with van der Waals surface area (Å²) in [6.45, 7) is 1.91. The van der Waals surface area contributed by atoms with Crippen LogP contribution in [-0.4, -0.2) is 21.3 Å². The van der Waals surface area contributed by atoms with Gasteiger partial charge in [-0.1, -0.05) is 57.8 Å². The Morgan fingerprint density at radius 3 is 2.23 bits per heavy atom. The third-order valence-corrected chi connectivity index (χ3v) is 5.88. The fourth-order valence-corrected chi connectivity index (χ4v) is 4.31. The van der Waals surface area contributed by atoms with E-state index in [0.29, 0.717) is 5.69 Å². The van der Waals surface area contributed by atoms with Crippen molar-refractivity contribution in [3.63, 3.8) is 0 Å². The fourth-order valence-electron chi connectivity index (χ4n) is 3.97. The van der Waals surface area contributed by atoms with Crippen LogP contribution in [0, 0.1) is 6.92 Å². The van der Waals surface area contributed by atoms with Gasteiger partial charge in [-0.15, -0.1) is 0 Å². The summed E-state index contributed by atoms with van der Waals surface area (Å²) in [5.41, 5.74) is 2.26. The van der Waals surface area contributed by atoms with Crippen molar-refractivity contribution in [2.75, 3.05) is 0 Å². The van der Waals surface area contributed by atoms with Crippen LogP contribution in [0.4, 0.5) is 0 Å². The number of aromatic nitrogens is 2. The molecule has 3 rings (SSSR count). The van der Waals surface area contributed by atoms with E-state index in [0.717, 1.165) is 28.7 Å². The van der Waals surface area contributed by atoms with Crippen molar-refractivity contribution in [1.29, 1.82) is 0 Å². The molecular formula is C21H30BrN3O. The van der Waals surface area contributed by atoms with E-state index in [1.54, 1.807) is 0 Å². The van der Waals surface area contributed by atoms with E-state index in [4.69, 9.17) is 0 Å². The number of aryl methyl sites for hydroxylation is 1. The molecule has 26 heavy (non-hydrogen) atoms. The molecule has 0 unspecified atom stereocenters. The molecule has 1 saturated carbocycles. The summed E-state index contributed by atoms with van der Waals surface area (Å²) in [5.74, 6) is 0.00481. The van der Waals surface area contributed by atoms with Gasteiger partial charge in [-0.25, -0.2) is 4.98 Å². The predicted octanol–water partition coefficient (Wildman–Crippen LogP) is 5.81. The first-order valence-electron chi connectivity index (χ1n) is 10.1. The molecule has 0 saturated heterocycles. The number of amides is 1. The molecule has 1 aliphatic rings. The first kappa shape index (κ1) is 19.4. The Kier molecular flexibility index (Phi) is 7.12. The molecule has 0 aliphatic heterocycles. The van der Waals surface area contributed by atoms with E-state index < -0.39 is 0 Å². The molecule has 1 amide bonds. The fraction of sp³-hybridized carbons (Fsp3) is 0.619. The van der Waals surface area contributed by atoms with Gasteiger partial charge in [0.15, 0.2) is 0 Å². The van der Waals surface area contributed by atoms with Crippen molar-refractivity contribution in [3.05, 3.63) is 34.2 Å². The van der Waals surface area contributed by atoms with Crippen LogP contribution >= 0.6 is 15.9 Å². The van der Waals surface area contributed by atoms with E-state index in [1.165, 1.54) is 57.8 Å². The predicted molar refractivity (Wildman–Crippen MR) is 110 cm³/mol. The second-order valence-electron chi connectivity index (χ2n) is 7.55. The van der Waals surface area contributed by atoms with Gasteiger partial charge in [0.2, 0.25) is 0 Å². The van der Waals surface area contributed by atoms with Crippen molar-refractivity contribution in [1.82, 2.24) is 14.7 Å². The number of imidazole rings is 1. The topological polar surface area (TPSA) is 46.4 Å². The van der Waals surface area contributed by atoms with Crippen molar-refractivity contribution in [3.8, 4) is 0 Å². The molecule has 0 spiro atoms. The third-order valence-electron chi connectivity index (χ3n) is 5.41. The lowest BCUT2D eigenvalue weighted by molar-refractivity contribution is 0.0924. The normalized spacial score (nSPS) is 18.2. The maximum Gasteiger partial charge on any atom is 0.270 e. The minimum atomic E-state index is 0.00481. The van der Waals surface area contributed by atoms with Crippen LogP contribution in [0.15, 0.2) is 22.8 Å². The van der Waals surface area contributed by atoms with Crippen molar-refractivity contribution in [2.45, 2.75) is 83.6 Å². The van der Waals surface area contributed by atoms with Crippen LogP contribution < -0.4 is 5.32 Å². The number of nitrogens with zero attached hydrogens (tertiary/aromatic N) is 2. The van der Waals surface area contributed by atoms with Crippen LogP contribution in [0.25, 0.3) is 5.65 Å². The number of fused-ring (bicyclic) bond motifs is 1. The second kappa shape index (κ2) is 9.54. The molecular weight excluding hydrogens is 390 g/mol. The van der Waals surface area contributed by atoms with Crippen LogP contribution in [0.5, 0.6) is 0 Å². The first-order chi connectivity index (χ1) is 12.6. The lowest BCUT2D eigenvalue weighted by Crippen LogP contribution is -2.36. The molecule has 142 valence electrons. The highest BCUT2D eigenvalue weighted by molar-refractivity contribution is 9.10. The van der Waals surface area contributed by atoms with E-state index in [9.17, 15) is 4.79 Å². The minimum absolute atomic E-state index is 0.00481. The molecule has 0 atom stereocenters. The number of halogens is 1. The zero-order valence-electron chi connectivity index (χ0n) is 15.8. The van der Waals surface area contributed by atoms with E-state index >= 15 is 0 Å². The molecule has 0 radical (unpaired) electrons.